The van der Waals surface area contributed by atoms with Crippen LogP contribution in [0.15, 0.2) is 48.7 Å². The zero-order valence-electron chi connectivity index (χ0n) is 20.6. The van der Waals surface area contributed by atoms with E-state index in [0.29, 0.717) is 11.7 Å². The van der Waals surface area contributed by atoms with Crippen LogP contribution < -0.4 is 0 Å². The monoisotopic (exact) mass is 476 g/mol. The number of benzene rings is 1. The van der Waals surface area contributed by atoms with Crippen molar-refractivity contribution in [3.63, 3.8) is 0 Å². The molecule has 2 aliphatic heterocycles. The van der Waals surface area contributed by atoms with Gasteiger partial charge >= 0.3 is 12.0 Å². The summed E-state index contributed by atoms with van der Waals surface area (Å²) >= 11 is 0. The average Bonchev–Trinajstić information content (AvgIpc) is 3.27. The largest absolute Gasteiger partial charge is 0.464 e. The third kappa shape index (κ3) is 5.20. The molecule has 3 aliphatic rings. The fraction of sp³-hybridized carbons (Fsp3) is 0.536. The molecule has 0 spiro atoms. The van der Waals surface area contributed by atoms with Crippen LogP contribution in [0.25, 0.3) is 0 Å². The van der Waals surface area contributed by atoms with Crippen LogP contribution in [0.3, 0.4) is 0 Å². The quantitative estimate of drug-likeness (QED) is 0.568. The van der Waals surface area contributed by atoms with Crippen LogP contribution in [0.1, 0.15) is 72.6 Å². The summed E-state index contributed by atoms with van der Waals surface area (Å²) in [7, 11) is 1.36. The van der Waals surface area contributed by atoms with Crippen molar-refractivity contribution in [1.82, 2.24) is 19.7 Å². The van der Waals surface area contributed by atoms with E-state index < -0.39 is 5.97 Å². The van der Waals surface area contributed by atoms with E-state index in [-0.39, 0.29) is 18.1 Å². The second-order valence-electron chi connectivity index (χ2n) is 10.1. The molecule has 1 aromatic carbocycles. The summed E-state index contributed by atoms with van der Waals surface area (Å²) < 4.78 is 4.73. The minimum Gasteiger partial charge on any atom is -0.464 e. The van der Waals surface area contributed by atoms with Crippen molar-refractivity contribution in [2.75, 3.05) is 26.7 Å². The molecule has 7 heteroatoms. The average molecular weight is 477 g/mol. The number of methoxy groups -OCH3 is 1. The number of piperidine rings is 1. The summed E-state index contributed by atoms with van der Waals surface area (Å²) in [6.07, 6.45) is 9.75. The Bertz CT molecular complexity index is 999. The molecule has 3 heterocycles. The number of nitrogens with zero attached hydrogens (tertiary/aromatic N) is 4. The lowest BCUT2D eigenvalue weighted by Crippen LogP contribution is -2.48. The molecule has 186 valence electrons. The summed E-state index contributed by atoms with van der Waals surface area (Å²) in [5.41, 5.74) is 2.66. The lowest BCUT2D eigenvalue weighted by atomic mass is 9.94. The molecule has 1 saturated carbocycles. The lowest BCUT2D eigenvalue weighted by molar-refractivity contribution is 0.0593. The van der Waals surface area contributed by atoms with Crippen molar-refractivity contribution < 1.29 is 14.3 Å². The zero-order valence-corrected chi connectivity index (χ0v) is 20.6. The van der Waals surface area contributed by atoms with Crippen molar-refractivity contribution in [1.29, 1.82) is 0 Å². The fourth-order valence-electron chi connectivity index (χ4n) is 6.04. The Balaban J connectivity index is 1.25. The van der Waals surface area contributed by atoms with E-state index in [4.69, 9.17) is 4.74 Å². The van der Waals surface area contributed by atoms with Gasteiger partial charge in [0.25, 0.3) is 0 Å². The summed E-state index contributed by atoms with van der Waals surface area (Å²) in [5, 5.41) is 0. The van der Waals surface area contributed by atoms with Gasteiger partial charge in [-0.05, 0) is 42.9 Å². The molecule has 0 N–H and O–H groups in total. The Morgan fingerprint density at radius 1 is 0.971 bits per heavy atom. The van der Waals surface area contributed by atoms with Gasteiger partial charge in [0.05, 0.1) is 13.2 Å². The van der Waals surface area contributed by atoms with Crippen molar-refractivity contribution in [3.05, 3.63) is 65.5 Å². The van der Waals surface area contributed by atoms with E-state index in [1.165, 1.54) is 31.9 Å². The van der Waals surface area contributed by atoms with Crippen LogP contribution in [-0.2, 0) is 11.3 Å². The zero-order chi connectivity index (χ0) is 24.2. The van der Waals surface area contributed by atoms with Gasteiger partial charge in [-0.2, -0.15) is 0 Å². The number of carbonyl (C=O) groups is 2. The van der Waals surface area contributed by atoms with Crippen LogP contribution in [0.5, 0.6) is 0 Å². The Labute approximate surface area is 208 Å². The van der Waals surface area contributed by atoms with Gasteiger partial charge in [-0.15, -0.1) is 0 Å². The molecule has 0 unspecified atom stereocenters. The molecule has 2 amide bonds. The molecule has 5 rings (SSSR count). The molecule has 35 heavy (non-hydrogen) atoms. The Morgan fingerprint density at radius 3 is 2.37 bits per heavy atom. The number of hydrogen-bond acceptors (Lipinski definition) is 5. The number of hydrogen-bond donors (Lipinski definition) is 0. The van der Waals surface area contributed by atoms with Crippen molar-refractivity contribution in [2.24, 2.45) is 0 Å². The summed E-state index contributed by atoms with van der Waals surface area (Å²) in [6, 6.07) is 15.3. The first kappa shape index (κ1) is 23.8. The molecular weight excluding hydrogens is 440 g/mol. The topological polar surface area (TPSA) is 66.0 Å². The molecule has 0 radical (unpaired) electrons. The van der Waals surface area contributed by atoms with Crippen molar-refractivity contribution >= 4 is 12.0 Å². The number of carbonyl (C=O) groups excluding carboxylic acids is 2. The second kappa shape index (κ2) is 10.8. The third-order valence-corrected chi connectivity index (χ3v) is 7.95. The number of aromatic nitrogens is 1. The lowest BCUT2D eigenvalue weighted by Gasteiger charge is -2.39. The fourth-order valence-corrected chi connectivity index (χ4v) is 6.04. The summed E-state index contributed by atoms with van der Waals surface area (Å²) in [6.45, 7) is 3.49. The maximum Gasteiger partial charge on any atom is 0.356 e. The van der Waals surface area contributed by atoms with Crippen LogP contribution in [0.4, 0.5) is 4.79 Å². The summed E-state index contributed by atoms with van der Waals surface area (Å²) in [4.78, 5) is 36.5. The number of pyridine rings is 1. The van der Waals surface area contributed by atoms with Gasteiger partial charge in [-0.3, -0.25) is 4.90 Å². The van der Waals surface area contributed by atoms with Gasteiger partial charge in [-0.1, -0.05) is 55.7 Å². The highest BCUT2D eigenvalue weighted by molar-refractivity contribution is 5.87. The van der Waals surface area contributed by atoms with Gasteiger partial charge in [0, 0.05) is 44.5 Å². The highest BCUT2D eigenvalue weighted by Crippen LogP contribution is 2.38. The predicted octanol–water partition coefficient (Wildman–Crippen LogP) is 4.64. The molecule has 2 aromatic rings. The number of likely N-dealkylation sites (tertiary alicyclic amines) is 1. The molecule has 2 saturated heterocycles. The molecule has 3 fully saturated rings. The van der Waals surface area contributed by atoms with Gasteiger partial charge in [-0.25, -0.2) is 14.6 Å². The van der Waals surface area contributed by atoms with Gasteiger partial charge in [0.15, 0.2) is 0 Å². The number of esters is 1. The van der Waals surface area contributed by atoms with Gasteiger partial charge in [0.2, 0.25) is 0 Å². The SMILES string of the molecule is COC(=O)c1ccc(CN2CCC(N3C(=O)N(C4CCCCC4)C[C@H]3c3ccccc3)CC2)cn1. The third-order valence-electron chi connectivity index (χ3n) is 7.95. The van der Waals surface area contributed by atoms with Gasteiger partial charge in [0.1, 0.15) is 5.69 Å². The molecule has 7 nitrogen and oxygen atoms in total. The minimum absolute atomic E-state index is 0.136. The second-order valence-corrected chi connectivity index (χ2v) is 10.1. The minimum atomic E-state index is -0.414. The van der Waals surface area contributed by atoms with E-state index >= 15 is 0 Å². The Morgan fingerprint density at radius 2 is 1.71 bits per heavy atom. The first-order valence-corrected chi connectivity index (χ1v) is 13.0. The number of rotatable bonds is 6. The van der Waals surface area contributed by atoms with E-state index in [2.05, 4.69) is 50.0 Å². The van der Waals surface area contributed by atoms with E-state index in [1.54, 1.807) is 12.3 Å². The van der Waals surface area contributed by atoms with Crippen LogP contribution in [0.2, 0.25) is 0 Å². The van der Waals surface area contributed by atoms with E-state index in [1.807, 2.05) is 6.07 Å². The molecular formula is C28H36N4O3. The number of urea groups is 1. The number of ether oxygens (including phenoxy) is 1. The number of amides is 2. The van der Waals surface area contributed by atoms with Crippen molar-refractivity contribution in [2.45, 2.75) is 69.6 Å². The standard InChI is InChI=1S/C28H36N4O3/c1-35-27(33)25-13-12-21(18-29-25)19-30-16-14-24(15-17-30)32-26(22-8-4-2-5-9-22)20-31(28(32)34)23-10-6-3-7-11-23/h2,4-5,8-9,12-13,18,23-24,26H,3,6-7,10-11,14-17,19-20H2,1H3/t26-/m0/s1. The first-order chi connectivity index (χ1) is 17.1. The molecule has 1 aliphatic carbocycles. The smallest absolute Gasteiger partial charge is 0.356 e. The highest BCUT2D eigenvalue weighted by atomic mass is 16.5. The molecule has 1 aromatic heterocycles. The maximum atomic E-state index is 13.8. The normalized spacial score (nSPS) is 22.5. The molecule has 1 atom stereocenters. The Kier molecular flexibility index (Phi) is 7.32. The molecule has 0 bridgehead atoms. The first-order valence-electron chi connectivity index (χ1n) is 13.0. The summed E-state index contributed by atoms with van der Waals surface area (Å²) in [5.74, 6) is -0.414. The van der Waals surface area contributed by atoms with Gasteiger partial charge < -0.3 is 14.5 Å². The Hall–Kier alpha value is -2.93. The van der Waals surface area contributed by atoms with E-state index in [0.717, 1.165) is 57.4 Å². The van der Waals surface area contributed by atoms with Crippen LogP contribution in [-0.4, -0.2) is 70.5 Å². The maximum absolute atomic E-state index is 13.8. The van der Waals surface area contributed by atoms with Crippen molar-refractivity contribution in [3.8, 4) is 0 Å². The van der Waals surface area contributed by atoms with Crippen LogP contribution in [0, 0.1) is 0 Å². The predicted molar refractivity (Wildman–Crippen MR) is 134 cm³/mol. The highest BCUT2D eigenvalue weighted by Gasteiger charge is 2.45. The van der Waals surface area contributed by atoms with Crippen LogP contribution >= 0.6 is 0 Å². The van der Waals surface area contributed by atoms with E-state index in [9.17, 15) is 9.59 Å².